The minimum Gasteiger partial charge on any atom is -0.496 e. The molecular weight excluding hydrogens is 445 g/mol. The Morgan fingerprint density at radius 1 is 1.10 bits per heavy atom. The van der Waals surface area contributed by atoms with Crippen molar-refractivity contribution in [2.24, 2.45) is 0 Å². The van der Waals surface area contributed by atoms with Crippen LogP contribution in [0.1, 0.15) is 12.8 Å². The van der Waals surface area contributed by atoms with E-state index in [0.717, 1.165) is 41.6 Å². The molecule has 1 aromatic heterocycles. The van der Waals surface area contributed by atoms with Gasteiger partial charge in [-0.2, -0.15) is 0 Å². The SMILES string of the molecule is COc1ccc(-n2c(SCC3CCCO3)nnc2-c2cc(Cl)ccc2OC)cc1Cl. The Bertz CT molecular complexity index is 1040. The molecule has 0 amide bonds. The second kappa shape index (κ2) is 9.47. The van der Waals surface area contributed by atoms with Gasteiger partial charge in [0.05, 0.1) is 36.6 Å². The summed E-state index contributed by atoms with van der Waals surface area (Å²) in [5.74, 6) is 2.67. The van der Waals surface area contributed by atoms with Crippen LogP contribution in [0.2, 0.25) is 10.0 Å². The number of ether oxygens (including phenoxy) is 3. The van der Waals surface area contributed by atoms with Crippen molar-refractivity contribution in [1.82, 2.24) is 14.8 Å². The van der Waals surface area contributed by atoms with Crippen LogP contribution in [-0.4, -0.2) is 47.4 Å². The molecule has 9 heteroatoms. The summed E-state index contributed by atoms with van der Waals surface area (Å²) in [4.78, 5) is 0. The predicted octanol–water partition coefficient (Wildman–Crippen LogP) is 5.53. The van der Waals surface area contributed by atoms with E-state index in [0.29, 0.717) is 27.4 Å². The van der Waals surface area contributed by atoms with E-state index < -0.39 is 0 Å². The molecule has 1 saturated heterocycles. The number of benzene rings is 2. The molecule has 4 rings (SSSR count). The van der Waals surface area contributed by atoms with Gasteiger partial charge in [0.15, 0.2) is 11.0 Å². The highest BCUT2D eigenvalue weighted by Gasteiger charge is 2.22. The van der Waals surface area contributed by atoms with Crippen molar-refractivity contribution in [3.05, 3.63) is 46.4 Å². The summed E-state index contributed by atoms with van der Waals surface area (Å²) < 4.78 is 18.6. The Morgan fingerprint density at radius 3 is 2.60 bits per heavy atom. The van der Waals surface area contributed by atoms with E-state index >= 15 is 0 Å². The first-order valence-electron chi connectivity index (χ1n) is 9.48. The lowest BCUT2D eigenvalue weighted by molar-refractivity contribution is 0.129. The lowest BCUT2D eigenvalue weighted by Gasteiger charge is -2.15. The number of nitrogens with zero attached hydrogens (tertiary/aromatic N) is 3. The van der Waals surface area contributed by atoms with Gasteiger partial charge in [0, 0.05) is 17.4 Å². The number of hydrogen-bond donors (Lipinski definition) is 0. The van der Waals surface area contributed by atoms with Crippen molar-refractivity contribution in [2.45, 2.75) is 24.1 Å². The van der Waals surface area contributed by atoms with Gasteiger partial charge < -0.3 is 14.2 Å². The van der Waals surface area contributed by atoms with E-state index in [1.807, 2.05) is 34.9 Å². The Kier molecular flexibility index (Phi) is 6.73. The predicted molar refractivity (Wildman–Crippen MR) is 120 cm³/mol. The van der Waals surface area contributed by atoms with Crippen molar-refractivity contribution >= 4 is 35.0 Å². The molecule has 2 heterocycles. The fraction of sp³-hybridized carbons (Fsp3) is 0.333. The van der Waals surface area contributed by atoms with Crippen LogP contribution in [0.4, 0.5) is 0 Å². The first-order chi connectivity index (χ1) is 14.6. The number of halogens is 2. The van der Waals surface area contributed by atoms with Gasteiger partial charge in [-0.05, 0) is 49.2 Å². The molecule has 0 radical (unpaired) electrons. The summed E-state index contributed by atoms with van der Waals surface area (Å²) >= 11 is 14.3. The summed E-state index contributed by atoms with van der Waals surface area (Å²) in [5, 5.41) is 10.7. The normalized spacial score (nSPS) is 16.1. The number of thioether (sulfide) groups is 1. The van der Waals surface area contributed by atoms with Gasteiger partial charge in [0.1, 0.15) is 11.5 Å². The van der Waals surface area contributed by atoms with Gasteiger partial charge in [-0.1, -0.05) is 35.0 Å². The van der Waals surface area contributed by atoms with Crippen LogP contribution in [-0.2, 0) is 4.74 Å². The third-order valence-corrected chi connectivity index (χ3v) is 6.44. The highest BCUT2D eigenvalue weighted by Crippen LogP contribution is 2.37. The van der Waals surface area contributed by atoms with Crippen LogP contribution >= 0.6 is 35.0 Å². The summed E-state index contributed by atoms with van der Waals surface area (Å²) in [7, 11) is 3.20. The molecule has 30 heavy (non-hydrogen) atoms. The molecule has 0 aliphatic carbocycles. The molecule has 3 aromatic rings. The van der Waals surface area contributed by atoms with E-state index in [4.69, 9.17) is 37.4 Å². The Balaban J connectivity index is 1.80. The van der Waals surface area contributed by atoms with Gasteiger partial charge in [-0.3, -0.25) is 4.57 Å². The fourth-order valence-corrected chi connectivity index (χ4v) is 4.80. The van der Waals surface area contributed by atoms with Gasteiger partial charge >= 0.3 is 0 Å². The van der Waals surface area contributed by atoms with Gasteiger partial charge in [-0.25, -0.2) is 0 Å². The molecule has 0 spiro atoms. The van der Waals surface area contributed by atoms with Crippen LogP contribution in [0, 0.1) is 0 Å². The monoisotopic (exact) mass is 465 g/mol. The molecule has 2 aromatic carbocycles. The third kappa shape index (κ3) is 4.39. The zero-order valence-electron chi connectivity index (χ0n) is 16.6. The lowest BCUT2D eigenvalue weighted by Crippen LogP contribution is -2.09. The summed E-state index contributed by atoms with van der Waals surface area (Å²) in [6, 6.07) is 11.0. The second-order valence-corrected chi connectivity index (χ2v) is 8.58. The fourth-order valence-electron chi connectivity index (χ4n) is 3.36. The molecule has 0 N–H and O–H groups in total. The highest BCUT2D eigenvalue weighted by atomic mass is 35.5. The average molecular weight is 466 g/mol. The maximum absolute atomic E-state index is 6.41. The number of aromatic nitrogens is 3. The van der Waals surface area contributed by atoms with E-state index in [1.165, 1.54) is 0 Å². The van der Waals surface area contributed by atoms with Crippen LogP contribution < -0.4 is 9.47 Å². The molecule has 0 bridgehead atoms. The minimum absolute atomic E-state index is 0.226. The quantitative estimate of drug-likeness (QED) is 0.427. The van der Waals surface area contributed by atoms with Crippen LogP contribution in [0.3, 0.4) is 0 Å². The van der Waals surface area contributed by atoms with Gasteiger partial charge in [0.2, 0.25) is 0 Å². The summed E-state index contributed by atoms with van der Waals surface area (Å²) in [6.45, 7) is 0.816. The van der Waals surface area contributed by atoms with Crippen LogP contribution in [0.15, 0.2) is 41.6 Å². The van der Waals surface area contributed by atoms with Gasteiger partial charge in [-0.15, -0.1) is 10.2 Å². The van der Waals surface area contributed by atoms with Crippen LogP contribution in [0.25, 0.3) is 17.1 Å². The van der Waals surface area contributed by atoms with Gasteiger partial charge in [0.25, 0.3) is 0 Å². The molecule has 1 fully saturated rings. The largest absolute Gasteiger partial charge is 0.496 e. The molecule has 1 unspecified atom stereocenters. The number of hydrogen-bond acceptors (Lipinski definition) is 6. The first kappa shape index (κ1) is 21.3. The van der Waals surface area contributed by atoms with Crippen molar-refractivity contribution < 1.29 is 14.2 Å². The topological polar surface area (TPSA) is 58.4 Å². The molecule has 1 aliphatic rings. The molecule has 0 saturated carbocycles. The standard InChI is InChI=1S/C21H21Cl2N3O3S/c1-27-18-7-5-13(22)10-16(18)20-24-25-21(30-12-15-4-3-9-29-15)26(20)14-6-8-19(28-2)17(23)11-14/h5-8,10-11,15H,3-4,9,12H2,1-2H3. The molecule has 6 nitrogen and oxygen atoms in total. The van der Waals surface area contributed by atoms with Crippen molar-refractivity contribution in [2.75, 3.05) is 26.6 Å². The highest BCUT2D eigenvalue weighted by molar-refractivity contribution is 7.99. The summed E-state index contributed by atoms with van der Waals surface area (Å²) in [5.41, 5.74) is 1.56. The molecule has 1 atom stereocenters. The Labute approximate surface area is 189 Å². The summed E-state index contributed by atoms with van der Waals surface area (Å²) in [6.07, 6.45) is 2.38. The number of rotatable bonds is 7. The zero-order valence-corrected chi connectivity index (χ0v) is 18.9. The Morgan fingerprint density at radius 2 is 1.90 bits per heavy atom. The van der Waals surface area contributed by atoms with E-state index in [2.05, 4.69) is 10.2 Å². The van der Waals surface area contributed by atoms with E-state index in [9.17, 15) is 0 Å². The van der Waals surface area contributed by atoms with E-state index in [1.54, 1.807) is 32.0 Å². The van der Waals surface area contributed by atoms with Crippen LogP contribution in [0.5, 0.6) is 11.5 Å². The Hall–Kier alpha value is -1.93. The molecule has 1 aliphatic heterocycles. The van der Waals surface area contributed by atoms with E-state index in [-0.39, 0.29) is 6.10 Å². The number of methoxy groups -OCH3 is 2. The minimum atomic E-state index is 0.226. The maximum Gasteiger partial charge on any atom is 0.196 e. The van der Waals surface area contributed by atoms with Crippen molar-refractivity contribution in [3.8, 4) is 28.6 Å². The maximum atomic E-state index is 6.41. The first-order valence-corrected chi connectivity index (χ1v) is 11.2. The van der Waals surface area contributed by atoms with Crippen molar-refractivity contribution in [3.63, 3.8) is 0 Å². The molecular formula is C21H21Cl2N3O3S. The van der Waals surface area contributed by atoms with Crippen molar-refractivity contribution in [1.29, 1.82) is 0 Å². The lowest BCUT2D eigenvalue weighted by atomic mass is 10.2. The zero-order chi connectivity index (χ0) is 21.1. The smallest absolute Gasteiger partial charge is 0.196 e. The second-order valence-electron chi connectivity index (χ2n) is 6.75. The molecule has 158 valence electrons. The third-order valence-electron chi connectivity index (χ3n) is 4.85. The average Bonchev–Trinajstić information content (AvgIpc) is 3.42.